The van der Waals surface area contributed by atoms with E-state index in [1.54, 1.807) is 0 Å². The van der Waals surface area contributed by atoms with Crippen molar-refractivity contribution in [1.29, 1.82) is 5.26 Å². The number of hydrogen-bond acceptors (Lipinski definition) is 4. The van der Waals surface area contributed by atoms with Gasteiger partial charge in [-0.25, -0.2) is 0 Å². The van der Waals surface area contributed by atoms with E-state index in [4.69, 9.17) is 16.3 Å². The summed E-state index contributed by atoms with van der Waals surface area (Å²) in [6.45, 7) is 0. The number of carbonyl (C=O) groups excluding carboxylic acids is 1. The molecule has 2 aliphatic heterocycles. The van der Waals surface area contributed by atoms with Crippen LogP contribution < -0.4 is 4.90 Å². The van der Waals surface area contributed by atoms with Gasteiger partial charge < -0.3 is 9.64 Å². The number of rotatable bonds is 4. The zero-order chi connectivity index (χ0) is 18.1. The Hall–Kier alpha value is -2.25. The van der Waals surface area contributed by atoms with E-state index in [9.17, 15) is 10.1 Å². The van der Waals surface area contributed by atoms with E-state index >= 15 is 0 Å². The highest BCUT2D eigenvalue weighted by Gasteiger charge is 2.42. The predicted octanol–water partition coefficient (Wildman–Crippen LogP) is 4.38. The lowest BCUT2D eigenvalue weighted by atomic mass is 9.96. The van der Waals surface area contributed by atoms with Gasteiger partial charge in [0.1, 0.15) is 6.10 Å². The van der Waals surface area contributed by atoms with Crippen molar-refractivity contribution in [2.24, 2.45) is 0 Å². The second kappa shape index (κ2) is 7.17. The number of benzene rings is 2. The van der Waals surface area contributed by atoms with Gasteiger partial charge in [-0.05, 0) is 25.0 Å². The third-order valence-corrected chi connectivity index (χ3v) is 5.78. The standard InChI is InChI=1S/C21H21ClN2O2/c22-10-9-21(25)26-17-11-15-6-7-16(12-17)24(15)20-8-5-14(13-23)18-3-1-2-4-19(18)20/h1-5,8,15-17H,6-7,9-12H2. The summed E-state index contributed by atoms with van der Waals surface area (Å²) < 4.78 is 5.63. The number of fused-ring (bicyclic) bond motifs is 3. The quantitative estimate of drug-likeness (QED) is 0.593. The van der Waals surface area contributed by atoms with Crippen LogP contribution in [0.5, 0.6) is 0 Å². The number of hydrogen-bond donors (Lipinski definition) is 0. The minimum atomic E-state index is -0.193. The number of alkyl halides is 1. The van der Waals surface area contributed by atoms with Crippen LogP contribution in [0.15, 0.2) is 36.4 Å². The SMILES string of the molecule is N#Cc1ccc(N2C3CCC2CC(OC(=O)CCCl)C3)c2ccccc12. The Morgan fingerprint density at radius 1 is 1.15 bits per heavy atom. The summed E-state index contributed by atoms with van der Waals surface area (Å²) in [5.74, 6) is 0.114. The van der Waals surface area contributed by atoms with E-state index in [0.717, 1.165) is 36.5 Å². The first-order valence-corrected chi connectivity index (χ1v) is 9.70. The molecule has 134 valence electrons. The van der Waals surface area contributed by atoms with Crippen LogP contribution in [-0.4, -0.2) is 30.0 Å². The molecule has 0 aromatic heterocycles. The molecule has 2 unspecified atom stereocenters. The van der Waals surface area contributed by atoms with Gasteiger partial charge >= 0.3 is 5.97 Å². The molecule has 2 aliphatic rings. The molecular weight excluding hydrogens is 348 g/mol. The minimum Gasteiger partial charge on any atom is -0.462 e. The largest absolute Gasteiger partial charge is 0.462 e. The lowest BCUT2D eigenvalue weighted by Crippen LogP contribution is -2.46. The Morgan fingerprint density at radius 3 is 2.50 bits per heavy atom. The maximum Gasteiger partial charge on any atom is 0.307 e. The van der Waals surface area contributed by atoms with Gasteiger partial charge in [0.25, 0.3) is 0 Å². The average Bonchev–Trinajstić information content (AvgIpc) is 2.91. The molecule has 0 saturated carbocycles. The molecule has 2 bridgehead atoms. The summed E-state index contributed by atoms with van der Waals surface area (Å²) in [6, 6.07) is 15.1. The fraction of sp³-hybridized carbons (Fsp3) is 0.429. The van der Waals surface area contributed by atoms with E-state index in [-0.39, 0.29) is 18.5 Å². The molecule has 0 amide bonds. The molecule has 4 rings (SSSR count). The maximum atomic E-state index is 11.8. The van der Waals surface area contributed by atoms with Crippen LogP contribution in [0.4, 0.5) is 5.69 Å². The average molecular weight is 369 g/mol. The fourth-order valence-corrected chi connectivity index (χ4v) is 4.70. The Labute approximate surface area is 158 Å². The van der Waals surface area contributed by atoms with Crippen LogP contribution in [0.25, 0.3) is 10.8 Å². The molecule has 2 atom stereocenters. The molecule has 2 heterocycles. The highest BCUT2D eigenvalue weighted by molar-refractivity contribution is 6.18. The molecule has 0 radical (unpaired) electrons. The van der Waals surface area contributed by atoms with E-state index in [0.29, 0.717) is 23.5 Å². The second-order valence-corrected chi connectivity index (χ2v) is 7.48. The number of carbonyl (C=O) groups is 1. The lowest BCUT2D eigenvalue weighted by molar-refractivity contribution is -0.150. The predicted molar refractivity (Wildman–Crippen MR) is 102 cm³/mol. The summed E-state index contributed by atoms with van der Waals surface area (Å²) in [6.07, 6.45) is 4.21. The zero-order valence-corrected chi connectivity index (χ0v) is 15.3. The van der Waals surface area contributed by atoms with Gasteiger partial charge in [0.2, 0.25) is 0 Å². The number of ether oxygens (including phenoxy) is 1. The van der Waals surface area contributed by atoms with Gasteiger partial charge in [0.15, 0.2) is 0 Å². The molecule has 5 heteroatoms. The van der Waals surface area contributed by atoms with Gasteiger partial charge in [-0.3, -0.25) is 4.79 Å². The van der Waals surface area contributed by atoms with Crippen molar-refractivity contribution < 1.29 is 9.53 Å². The Morgan fingerprint density at radius 2 is 1.85 bits per heavy atom. The number of halogens is 1. The Kier molecular flexibility index (Phi) is 4.74. The van der Waals surface area contributed by atoms with Crippen LogP contribution in [0.3, 0.4) is 0 Å². The molecule has 4 nitrogen and oxygen atoms in total. The monoisotopic (exact) mass is 368 g/mol. The second-order valence-electron chi connectivity index (χ2n) is 7.10. The number of nitrogens with zero attached hydrogens (tertiary/aromatic N) is 2. The zero-order valence-electron chi connectivity index (χ0n) is 14.5. The molecule has 0 aliphatic carbocycles. The molecule has 26 heavy (non-hydrogen) atoms. The highest BCUT2D eigenvalue weighted by Crippen LogP contribution is 2.43. The molecule has 2 aromatic carbocycles. The summed E-state index contributed by atoms with van der Waals surface area (Å²) in [4.78, 5) is 14.3. The number of anilines is 1. The fourth-order valence-electron chi connectivity index (χ4n) is 4.54. The lowest BCUT2D eigenvalue weighted by Gasteiger charge is -2.40. The first-order chi connectivity index (χ1) is 12.7. The molecule has 2 saturated heterocycles. The van der Waals surface area contributed by atoms with E-state index in [1.807, 2.05) is 24.3 Å². The molecular formula is C21H21ClN2O2. The molecule has 0 spiro atoms. The summed E-state index contributed by atoms with van der Waals surface area (Å²) in [5.41, 5.74) is 1.90. The van der Waals surface area contributed by atoms with Gasteiger partial charge in [-0.15, -0.1) is 11.6 Å². The van der Waals surface area contributed by atoms with E-state index in [1.165, 1.54) is 5.69 Å². The van der Waals surface area contributed by atoms with Crippen LogP contribution in [0.1, 0.15) is 37.7 Å². The van der Waals surface area contributed by atoms with Crippen molar-refractivity contribution in [3.8, 4) is 6.07 Å². The van der Waals surface area contributed by atoms with Gasteiger partial charge in [0, 0.05) is 47.3 Å². The Bertz CT molecular complexity index is 862. The van der Waals surface area contributed by atoms with Crippen LogP contribution in [0, 0.1) is 11.3 Å². The van der Waals surface area contributed by atoms with Crippen LogP contribution in [0.2, 0.25) is 0 Å². The Balaban J connectivity index is 1.62. The smallest absolute Gasteiger partial charge is 0.307 e. The first kappa shape index (κ1) is 17.2. The summed E-state index contributed by atoms with van der Waals surface area (Å²) in [7, 11) is 0. The number of esters is 1. The summed E-state index contributed by atoms with van der Waals surface area (Å²) >= 11 is 5.64. The number of nitriles is 1. The third kappa shape index (κ3) is 3.01. The van der Waals surface area contributed by atoms with Crippen molar-refractivity contribution in [1.82, 2.24) is 0 Å². The molecule has 0 N–H and O–H groups in total. The van der Waals surface area contributed by atoms with Gasteiger partial charge in [-0.2, -0.15) is 5.26 Å². The normalized spacial score (nSPS) is 24.5. The number of piperidine rings is 1. The first-order valence-electron chi connectivity index (χ1n) is 9.17. The summed E-state index contributed by atoms with van der Waals surface area (Å²) in [5, 5.41) is 11.5. The van der Waals surface area contributed by atoms with Gasteiger partial charge in [-0.1, -0.05) is 24.3 Å². The minimum absolute atomic E-state index is 0.0101. The maximum absolute atomic E-state index is 11.8. The van der Waals surface area contributed by atoms with Crippen molar-refractivity contribution in [3.63, 3.8) is 0 Å². The van der Waals surface area contributed by atoms with Gasteiger partial charge in [0.05, 0.1) is 18.1 Å². The third-order valence-electron chi connectivity index (χ3n) is 5.59. The molecule has 2 fully saturated rings. The van der Waals surface area contributed by atoms with Crippen molar-refractivity contribution in [2.75, 3.05) is 10.8 Å². The van der Waals surface area contributed by atoms with E-state index in [2.05, 4.69) is 23.1 Å². The van der Waals surface area contributed by atoms with Crippen molar-refractivity contribution in [3.05, 3.63) is 42.0 Å². The van der Waals surface area contributed by atoms with Crippen molar-refractivity contribution in [2.45, 2.75) is 50.3 Å². The van der Waals surface area contributed by atoms with Crippen LogP contribution >= 0.6 is 11.6 Å². The highest BCUT2D eigenvalue weighted by atomic mass is 35.5. The molecule has 2 aromatic rings. The topological polar surface area (TPSA) is 53.3 Å². The van der Waals surface area contributed by atoms with E-state index < -0.39 is 0 Å². The van der Waals surface area contributed by atoms with Crippen LogP contribution in [-0.2, 0) is 9.53 Å². The van der Waals surface area contributed by atoms with Crippen molar-refractivity contribution >= 4 is 34.0 Å².